The molecule has 2 aromatic carbocycles. The highest BCUT2D eigenvalue weighted by atomic mass is 16.1. The van der Waals surface area contributed by atoms with Crippen molar-refractivity contribution in [3.8, 4) is 0 Å². The molecule has 158 valence electrons. The minimum atomic E-state index is 0.0113. The third-order valence-corrected chi connectivity index (χ3v) is 6.20. The third kappa shape index (κ3) is 4.26. The molecule has 1 amide bonds. The van der Waals surface area contributed by atoms with Gasteiger partial charge in [0.05, 0.1) is 23.5 Å². The monoisotopic (exact) mass is 404 g/mol. The van der Waals surface area contributed by atoms with E-state index in [0.29, 0.717) is 6.04 Å². The second-order valence-corrected chi connectivity index (χ2v) is 8.84. The van der Waals surface area contributed by atoms with Crippen LogP contribution >= 0.6 is 0 Å². The zero-order valence-electron chi connectivity index (χ0n) is 18.5. The van der Waals surface area contributed by atoms with Crippen molar-refractivity contribution in [1.82, 2.24) is 14.5 Å². The number of likely N-dealkylation sites (tertiary alicyclic amines) is 1. The number of aromatic nitrogens is 2. The Bertz CT molecular complexity index is 1050. The molecule has 0 saturated carbocycles. The summed E-state index contributed by atoms with van der Waals surface area (Å²) in [5.74, 6) is 1.22. The highest BCUT2D eigenvalue weighted by molar-refractivity contribution is 5.92. The molecule has 0 unspecified atom stereocenters. The molecule has 0 aliphatic carbocycles. The fourth-order valence-corrected chi connectivity index (χ4v) is 4.46. The average molecular weight is 405 g/mol. The van der Waals surface area contributed by atoms with Gasteiger partial charge in [-0.2, -0.15) is 0 Å². The van der Waals surface area contributed by atoms with Gasteiger partial charge >= 0.3 is 0 Å². The number of nitrogens with zero attached hydrogens (tertiary/aromatic N) is 3. The summed E-state index contributed by atoms with van der Waals surface area (Å²) in [7, 11) is 0. The molecular formula is C25H32N4O. The SMILES string of the molecule is Cc1ccc(NC(=O)[C@@H]2CCCN(Cc3nc4ccccc4n3C(C)C)C2)cc1C. The maximum Gasteiger partial charge on any atom is 0.228 e. The lowest BCUT2D eigenvalue weighted by atomic mass is 9.97. The van der Waals surface area contributed by atoms with Gasteiger partial charge in [-0.1, -0.05) is 18.2 Å². The van der Waals surface area contributed by atoms with E-state index in [1.165, 1.54) is 16.6 Å². The van der Waals surface area contributed by atoms with Crippen LogP contribution in [0.4, 0.5) is 5.69 Å². The van der Waals surface area contributed by atoms with E-state index in [4.69, 9.17) is 4.98 Å². The summed E-state index contributed by atoms with van der Waals surface area (Å²) >= 11 is 0. The molecule has 1 aromatic heterocycles. The number of rotatable bonds is 5. The molecule has 1 aliphatic heterocycles. The van der Waals surface area contributed by atoms with Crippen molar-refractivity contribution in [3.05, 3.63) is 59.4 Å². The van der Waals surface area contributed by atoms with E-state index in [1.807, 2.05) is 12.1 Å². The molecule has 5 heteroatoms. The fourth-order valence-electron chi connectivity index (χ4n) is 4.46. The molecule has 3 aromatic rings. The van der Waals surface area contributed by atoms with Crippen molar-refractivity contribution in [2.45, 2.75) is 53.1 Å². The molecule has 0 bridgehead atoms. The average Bonchev–Trinajstić information content (AvgIpc) is 3.09. The van der Waals surface area contributed by atoms with Gasteiger partial charge in [-0.15, -0.1) is 0 Å². The zero-order valence-corrected chi connectivity index (χ0v) is 18.5. The van der Waals surface area contributed by atoms with Crippen molar-refractivity contribution in [2.24, 2.45) is 5.92 Å². The van der Waals surface area contributed by atoms with E-state index in [-0.39, 0.29) is 11.8 Å². The smallest absolute Gasteiger partial charge is 0.228 e. The highest BCUT2D eigenvalue weighted by Gasteiger charge is 2.27. The number of hydrogen-bond donors (Lipinski definition) is 1. The van der Waals surface area contributed by atoms with Gasteiger partial charge in [0.2, 0.25) is 5.91 Å². The maximum atomic E-state index is 12.9. The van der Waals surface area contributed by atoms with E-state index in [9.17, 15) is 4.79 Å². The Morgan fingerprint density at radius 3 is 2.73 bits per heavy atom. The summed E-state index contributed by atoms with van der Waals surface area (Å²) in [5.41, 5.74) is 5.56. The summed E-state index contributed by atoms with van der Waals surface area (Å²) in [5, 5.41) is 3.13. The van der Waals surface area contributed by atoms with Crippen LogP contribution in [0.3, 0.4) is 0 Å². The highest BCUT2D eigenvalue weighted by Crippen LogP contribution is 2.25. The van der Waals surface area contributed by atoms with Crippen molar-refractivity contribution >= 4 is 22.6 Å². The van der Waals surface area contributed by atoms with E-state index >= 15 is 0 Å². The Hall–Kier alpha value is -2.66. The molecule has 0 radical (unpaired) electrons. The summed E-state index contributed by atoms with van der Waals surface area (Å²) < 4.78 is 2.33. The Labute approximate surface area is 179 Å². The summed E-state index contributed by atoms with van der Waals surface area (Å²) in [4.78, 5) is 20.2. The van der Waals surface area contributed by atoms with Gasteiger partial charge in [0.1, 0.15) is 5.82 Å². The first kappa shape index (κ1) is 20.6. The zero-order chi connectivity index (χ0) is 21.3. The maximum absolute atomic E-state index is 12.9. The number of fused-ring (bicyclic) bond motifs is 1. The number of hydrogen-bond acceptors (Lipinski definition) is 3. The van der Waals surface area contributed by atoms with Crippen LogP contribution in [0.1, 0.15) is 49.7 Å². The molecule has 1 atom stereocenters. The minimum Gasteiger partial charge on any atom is -0.326 e. The van der Waals surface area contributed by atoms with Crippen LogP contribution in [0, 0.1) is 19.8 Å². The van der Waals surface area contributed by atoms with E-state index in [2.05, 4.69) is 72.8 Å². The van der Waals surface area contributed by atoms with Crippen LogP contribution in [0.25, 0.3) is 11.0 Å². The minimum absolute atomic E-state index is 0.0113. The first-order valence-electron chi connectivity index (χ1n) is 11.0. The van der Waals surface area contributed by atoms with Crippen LogP contribution in [-0.4, -0.2) is 33.4 Å². The van der Waals surface area contributed by atoms with Crippen LogP contribution in [0.15, 0.2) is 42.5 Å². The third-order valence-electron chi connectivity index (χ3n) is 6.20. The van der Waals surface area contributed by atoms with Crippen molar-refractivity contribution in [3.63, 3.8) is 0 Å². The molecule has 5 nitrogen and oxygen atoms in total. The van der Waals surface area contributed by atoms with Gasteiger partial charge in [0.15, 0.2) is 0 Å². The van der Waals surface area contributed by atoms with E-state index in [0.717, 1.165) is 49.5 Å². The van der Waals surface area contributed by atoms with Crippen LogP contribution in [0.5, 0.6) is 0 Å². The number of imidazole rings is 1. The number of anilines is 1. The Balaban J connectivity index is 1.46. The lowest BCUT2D eigenvalue weighted by Crippen LogP contribution is -2.40. The molecule has 1 aliphatic rings. The van der Waals surface area contributed by atoms with Crippen molar-refractivity contribution in [1.29, 1.82) is 0 Å². The Morgan fingerprint density at radius 2 is 1.97 bits per heavy atom. The summed E-state index contributed by atoms with van der Waals surface area (Å²) in [6.45, 7) is 11.1. The Morgan fingerprint density at radius 1 is 1.17 bits per heavy atom. The van der Waals surface area contributed by atoms with Crippen LogP contribution in [0.2, 0.25) is 0 Å². The van der Waals surface area contributed by atoms with Crippen molar-refractivity contribution in [2.75, 3.05) is 18.4 Å². The molecule has 4 rings (SSSR count). The first-order valence-corrected chi connectivity index (χ1v) is 11.0. The summed E-state index contributed by atoms with van der Waals surface area (Å²) in [6.07, 6.45) is 1.97. The number of para-hydroxylation sites is 2. The normalized spacial score (nSPS) is 17.6. The standard InChI is InChI=1S/C25H32N4O/c1-17(2)29-23-10-6-5-9-22(23)27-24(29)16-28-13-7-8-20(15-28)25(30)26-21-12-11-18(3)19(4)14-21/h5-6,9-12,14,17,20H,7-8,13,15-16H2,1-4H3,(H,26,30)/t20-/m1/s1. The van der Waals surface area contributed by atoms with Gasteiger partial charge in [0, 0.05) is 18.3 Å². The van der Waals surface area contributed by atoms with Gasteiger partial charge in [-0.05, 0) is 82.5 Å². The number of carbonyl (C=O) groups excluding carboxylic acids is 1. The predicted molar refractivity (Wildman–Crippen MR) is 123 cm³/mol. The molecule has 1 fully saturated rings. The van der Waals surface area contributed by atoms with Crippen LogP contribution in [-0.2, 0) is 11.3 Å². The van der Waals surface area contributed by atoms with Gasteiger partial charge in [0.25, 0.3) is 0 Å². The lowest BCUT2D eigenvalue weighted by Gasteiger charge is -2.32. The second kappa shape index (κ2) is 8.60. The largest absolute Gasteiger partial charge is 0.326 e. The van der Waals surface area contributed by atoms with E-state index in [1.54, 1.807) is 0 Å². The molecule has 0 spiro atoms. The molecule has 1 N–H and O–H groups in total. The van der Waals surface area contributed by atoms with Crippen LogP contribution < -0.4 is 5.32 Å². The molecule has 1 saturated heterocycles. The first-order chi connectivity index (χ1) is 14.4. The Kier molecular flexibility index (Phi) is 5.91. The number of amides is 1. The number of piperidine rings is 1. The lowest BCUT2D eigenvalue weighted by molar-refractivity contribution is -0.121. The molecule has 2 heterocycles. The van der Waals surface area contributed by atoms with Gasteiger partial charge in [-0.3, -0.25) is 9.69 Å². The molecule has 30 heavy (non-hydrogen) atoms. The molecular weight excluding hydrogens is 372 g/mol. The van der Waals surface area contributed by atoms with Gasteiger partial charge in [-0.25, -0.2) is 4.98 Å². The summed E-state index contributed by atoms with van der Waals surface area (Å²) in [6, 6.07) is 14.8. The van der Waals surface area contributed by atoms with Gasteiger partial charge < -0.3 is 9.88 Å². The topological polar surface area (TPSA) is 50.2 Å². The number of nitrogens with one attached hydrogen (secondary N) is 1. The van der Waals surface area contributed by atoms with Crippen molar-refractivity contribution < 1.29 is 4.79 Å². The number of carbonyl (C=O) groups is 1. The number of benzene rings is 2. The van der Waals surface area contributed by atoms with E-state index < -0.39 is 0 Å². The predicted octanol–water partition coefficient (Wildman–Crippen LogP) is 5.08. The second-order valence-electron chi connectivity index (χ2n) is 8.84. The fraction of sp³-hybridized carbons (Fsp3) is 0.440. The number of aryl methyl sites for hydroxylation is 2. The quantitative estimate of drug-likeness (QED) is 0.645.